The van der Waals surface area contributed by atoms with Crippen molar-refractivity contribution in [3.05, 3.63) is 12.2 Å². The fraction of sp³-hybridized carbons (Fsp3) is 0.925. The molecule has 6 heteroatoms. The molecule has 0 aromatic carbocycles. The first-order valence-electron chi connectivity index (χ1n) is 33.2. The Kier molecular flexibility index (Phi) is 61.1. The molecule has 0 aliphatic rings. The minimum Gasteiger partial charge on any atom is -0.462 e. The summed E-state index contributed by atoms with van der Waals surface area (Å²) in [6, 6.07) is 0. The normalized spacial score (nSPS) is 12.0. The second-order valence-electron chi connectivity index (χ2n) is 22.7. The summed E-state index contributed by atoms with van der Waals surface area (Å²) in [4.78, 5) is 38.3. The third-order valence-corrected chi connectivity index (χ3v) is 15.3. The molecule has 0 spiro atoms. The van der Waals surface area contributed by atoms with Gasteiger partial charge in [-0.2, -0.15) is 0 Å². The molecule has 0 radical (unpaired) electrons. The maximum atomic E-state index is 12.9. The van der Waals surface area contributed by atoms with E-state index in [1.807, 2.05) is 0 Å². The number of carbonyl (C=O) groups is 3. The van der Waals surface area contributed by atoms with E-state index in [1.165, 1.54) is 276 Å². The second-order valence-corrected chi connectivity index (χ2v) is 22.7. The maximum absolute atomic E-state index is 12.9. The summed E-state index contributed by atoms with van der Waals surface area (Å²) < 4.78 is 16.9. The highest BCUT2D eigenvalue weighted by Gasteiger charge is 2.19. The lowest BCUT2D eigenvalue weighted by Crippen LogP contribution is -2.30. The van der Waals surface area contributed by atoms with Crippen molar-refractivity contribution < 1.29 is 28.6 Å². The molecule has 0 rings (SSSR count). The highest BCUT2D eigenvalue weighted by atomic mass is 16.6. The zero-order chi connectivity index (χ0) is 52.9. The van der Waals surface area contributed by atoms with E-state index in [0.717, 1.165) is 64.2 Å². The Hall–Kier alpha value is -1.85. The van der Waals surface area contributed by atoms with Crippen molar-refractivity contribution in [3.8, 4) is 0 Å². The van der Waals surface area contributed by atoms with E-state index in [9.17, 15) is 14.4 Å². The number of hydrogen-bond donors (Lipinski definition) is 0. The number of hydrogen-bond acceptors (Lipinski definition) is 6. The van der Waals surface area contributed by atoms with E-state index in [0.29, 0.717) is 19.3 Å². The Labute approximate surface area is 456 Å². The monoisotopic (exact) mass is 1030 g/mol. The van der Waals surface area contributed by atoms with Crippen LogP contribution < -0.4 is 0 Å². The second kappa shape index (κ2) is 62.7. The topological polar surface area (TPSA) is 78.9 Å². The molecule has 73 heavy (non-hydrogen) atoms. The average Bonchev–Trinajstić information content (AvgIpc) is 3.39. The van der Waals surface area contributed by atoms with Gasteiger partial charge in [0.2, 0.25) is 0 Å². The number of esters is 3. The highest BCUT2D eigenvalue weighted by Crippen LogP contribution is 2.19. The van der Waals surface area contributed by atoms with Crippen LogP contribution in [0, 0.1) is 0 Å². The molecule has 0 heterocycles. The van der Waals surface area contributed by atoms with Gasteiger partial charge < -0.3 is 14.2 Å². The van der Waals surface area contributed by atoms with E-state index in [2.05, 4.69) is 32.9 Å². The van der Waals surface area contributed by atoms with Gasteiger partial charge >= 0.3 is 17.9 Å². The Morgan fingerprint density at radius 2 is 0.452 bits per heavy atom. The molecule has 0 aliphatic heterocycles. The molecule has 0 saturated heterocycles. The van der Waals surface area contributed by atoms with Crippen molar-refractivity contribution in [2.24, 2.45) is 0 Å². The Morgan fingerprint density at radius 1 is 0.260 bits per heavy atom. The third kappa shape index (κ3) is 60.9. The fourth-order valence-corrected chi connectivity index (χ4v) is 10.3. The first kappa shape index (κ1) is 71.2. The average molecular weight is 1030 g/mol. The molecule has 6 nitrogen and oxygen atoms in total. The van der Waals surface area contributed by atoms with Crippen molar-refractivity contribution >= 4 is 17.9 Å². The number of allylic oxidation sites excluding steroid dienone is 2. The van der Waals surface area contributed by atoms with E-state index in [1.54, 1.807) is 0 Å². The summed E-state index contributed by atoms with van der Waals surface area (Å²) >= 11 is 0. The maximum Gasteiger partial charge on any atom is 0.306 e. The zero-order valence-corrected chi connectivity index (χ0v) is 49.7. The fourth-order valence-electron chi connectivity index (χ4n) is 10.3. The van der Waals surface area contributed by atoms with Gasteiger partial charge in [0, 0.05) is 19.3 Å². The molecule has 0 saturated carbocycles. The predicted molar refractivity (Wildman–Crippen MR) is 317 cm³/mol. The van der Waals surface area contributed by atoms with Crippen LogP contribution in [0.2, 0.25) is 0 Å². The standard InChI is InChI=1S/C67H128O6/c1-4-7-10-13-16-19-22-25-27-29-31-33-34-35-37-38-40-42-45-48-51-54-57-60-66(69)72-63-64(62-71-65(68)59-56-53-50-47-44-24-21-18-15-12-9-6-3)73-67(70)61-58-55-52-49-46-43-41-39-36-32-30-28-26-23-20-17-14-11-8-5-2/h18,21,64H,4-17,19-20,22-63H2,1-3H3/b21-18-. The van der Waals surface area contributed by atoms with E-state index in [4.69, 9.17) is 14.2 Å². The SMILES string of the molecule is CCCCC/C=C\CCCCCCCC(=O)OCC(COC(=O)CCCCCCCCCCCCCCCCCCCCCCCCC)OC(=O)CCCCCCCCCCCCCCCCCCCCCC. The highest BCUT2D eigenvalue weighted by molar-refractivity contribution is 5.71. The Morgan fingerprint density at radius 3 is 0.712 bits per heavy atom. The van der Waals surface area contributed by atoms with E-state index in [-0.39, 0.29) is 31.1 Å². The summed E-state index contributed by atoms with van der Waals surface area (Å²) in [6.45, 7) is 6.69. The first-order chi connectivity index (χ1) is 36.0. The molecule has 0 aliphatic carbocycles. The van der Waals surface area contributed by atoms with Crippen molar-refractivity contribution in [1.82, 2.24) is 0 Å². The zero-order valence-electron chi connectivity index (χ0n) is 49.7. The summed E-state index contributed by atoms with van der Waals surface area (Å²) in [6.07, 6.45) is 73.7. The van der Waals surface area contributed by atoms with Crippen LogP contribution in [0.15, 0.2) is 12.2 Å². The molecular formula is C67H128O6. The minimum absolute atomic E-state index is 0.0660. The van der Waals surface area contributed by atoms with E-state index < -0.39 is 6.10 Å². The van der Waals surface area contributed by atoms with Crippen LogP contribution in [0.25, 0.3) is 0 Å². The molecule has 432 valence electrons. The molecule has 0 N–H and O–H groups in total. The van der Waals surface area contributed by atoms with Gasteiger partial charge in [0.15, 0.2) is 6.10 Å². The van der Waals surface area contributed by atoms with Crippen LogP contribution in [0.3, 0.4) is 0 Å². The lowest BCUT2D eigenvalue weighted by molar-refractivity contribution is -0.167. The number of carbonyl (C=O) groups excluding carboxylic acids is 3. The lowest BCUT2D eigenvalue weighted by atomic mass is 10.0. The van der Waals surface area contributed by atoms with Crippen molar-refractivity contribution in [1.29, 1.82) is 0 Å². The summed E-state index contributed by atoms with van der Waals surface area (Å²) in [5.41, 5.74) is 0. The van der Waals surface area contributed by atoms with Crippen LogP contribution in [0.5, 0.6) is 0 Å². The number of unbranched alkanes of at least 4 members (excludes halogenated alkanes) is 49. The lowest BCUT2D eigenvalue weighted by Gasteiger charge is -2.18. The molecule has 0 amide bonds. The van der Waals surface area contributed by atoms with Gasteiger partial charge in [-0.3, -0.25) is 14.4 Å². The van der Waals surface area contributed by atoms with Crippen molar-refractivity contribution in [2.45, 2.75) is 386 Å². The van der Waals surface area contributed by atoms with Crippen LogP contribution in [-0.2, 0) is 28.6 Å². The van der Waals surface area contributed by atoms with Gasteiger partial charge in [0.05, 0.1) is 0 Å². The largest absolute Gasteiger partial charge is 0.462 e. The summed E-state index contributed by atoms with van der Waals surface area (Å²) in [5.74, 6) is -0.844. The molecular weight excluding hydrogens is 901 g/mol. The van der Waals surface area contributed by atoms with Gasteiger partial charge in [-0.1, -0.05) is 328 Å². The van der Waals surface area contributed by atoms with Crippen LogP contribution in [0.1, 0.15) is 380 Å². The van der Waals surface area contributed by atoms with Crippen LogP contribution in [-0.4, -0.2) is 37.2 Å². The molecule has 0 aromatic rings. The molecule has 1 unspecified atom stereocenters. The van der Waals surface area contributed by atoms with E-state index >= 15 is 0 Å². The quantitative estimate of drug-likeness (QED) is 0.0261. The molecule has 0 bridgehead atoms. The third-order valence-electron chi connectivity index (χ3n) is 15.3. The van der Waals surface area contributed by atoms with Gasteiger partial charge in [0.1, 0.15) is 13.2 Å². The molecule has 0 fully saturated rings. The first-order valence-corrected chi connectivity index (χ1v) is 33.2. The smallest absolute Gasteiger partial charge is 0.306 e. The van der Waals surface area contributed by atoms with Gasteiger partial charge in [-0.25, -0.2) is 0 Å². The predicted octanol–water partition coefficient (Wildman–Crippen LogP) is 22.4. The van der Waals surface area contributed by atoms with Crippen molar-refractivity contribution in [2.75, 3.05) is 13.2 Å². The van der Waals surface area contributed by atoms with Gasteiger partial charge in [-0.15, -0.1) is 0 Å². The minimum atomic E-state index is -0.769. The van der Waals surface area contributed by atoms with Gasteiger partial charge in [-0.05, 0) is 44.9 Å². The van der Waals surface area contributed by atoms with Gasteiger partial charge in [0.25, 0.3) is 0 Å². The summed E-state index contributed by atoms with van der Waals surface area (Å²) in [5, 5.41) is 0. The van der Waals surface area contributed by atoms with Crippen molar-refractivity contribution in [3.63, 3.8) is 0 Å². The molecule has 1 atom stereocenters. The van der Waals surface area contributed by atoms with Crippen LogP contribution in [0.4, 0.5) is 0 Å². The van der Waals surface area contributed by atoms with Crippen LogP contribution >= 0.6 is 0 Å². The molecule has 0 aromatic heterocycles. The number of ether oxygens (including phenoxy) is 3. The number of rotatable bonds is 62. The summed E-state index contributed by atoms with van der Waals surface area (Å²) in [7, 11) is 0. The Balaban J connectivity index is 4.21. The Bertz CT molecular complexity index is 1130.